The maximum absolute atomic E-state index is 12.5. The molecule has 3 rings (SSSR count). The van der Waals surface area contributed by atoms with Crippen molar-refractivity contribution >= 4 is 11.9 Å². The fourth-order valence-corrected chi connectivity index (χ4v) is 3.57. The first-order chi connectivity index (χ1) is 13.1. The maximum Gasteiger partial charge on any atom is 0.303 e. The first-order valence-electron chi connectivity index (χ1n) is 9.61. The second-order valence-corrected chi connectivity index (χ2v) is 7.12. The predicted molar refractivity (Wildman–Crippen MR) is 101 cm³/mol. The number of aromatic nitrogens is 1. The Morgan fingerprint density at radius 2 is 2.04 bits per heavy atom. The molecule has 0 radical (unpaired) electrons. The minimum Gasteiger partial charge on any atom is -0.481 e. The summed E-state index contributed by atoms with van der Waals surface area (Å²) in [4.78, 5) is 29.4. The van der Waals surface area contributed by atoms with Crippen molar-refractivity contribution in [2.24, 2.45) is 5.92 Å². The zero-order valence-electron chi connectivity index (χ0n) is 15.5. The van der Waals surface area contributed by atoms with Crippen molar-refractivity contribution in [3.05, 3.63) is 42.4 Å². The van der Waals surface area contributed by atoms with E-state index >= 15 is 0 Å². The molecule has 6 heteroatoms. The number of hydrogen-bond donors (Lipinski definition) is 1. The van der Waals surface area contributed by atoms with Crippen molar-refractivity contribution in [2.45, 2.75) is 44.9 Å². The molecule has 0 bridgehead atoms. The zero-order valence-corrected chi connectivity index (χ0v) is 15.5. The van der Waals surface area contributed by atoms with Gasteiger partial charge < -0.3 is 14.4 Å². The number of aryl methyl sites for hydroxylation is 1. The smallest absolute Gasteiger partial charge is 0.303 e. The molecular formula is C21H26N2O4. The van der Waals surface area contributed by atoms with Gasteiger partial charge in [-0.25, -0.2) is 4.98 Å². The van der Waals surface area contributed by atoms with Crippen LogP contribution in [0.3, 0.4) is 0 Å². The third-order valence-corrected chi connectivity index (χ3v) is 5.03. The minimum atomic E-state index is -0.765. The summed E-state index contributed by atoms with van der Waals surface area (Å²) in [5.41, 5.74) is 0.994. The lowest BCUT2D eigenvalue weighted by atomic mass is 9.93. The number of amides is 1. The Morgan fingerprint density at radius 1 is 1.22 bits per heavy atom. The average Bonchev–Trinajstić information content (AvgIpc) is 3.16. The topological polar surface area (TPSA) is 83.6 Å². The number of carbonyl (C=O) groups excluding carboxylic acids is 1. The van der Waals surface area contributed by atoms with E-state index in [0.29, 0.717) is 44.0 Å². The molecule has 6 nitrogen and oxygen atoms in total. The van der Waals surface area contributed by atoms with E-state index in [4.69, 9.17) is 9.52 Å². The van der Waals surface area contributed by atoms with Crippen molar-refractivity contribution < 1.29 is 19.1 Å². The van der Waals surface area contributed by atoms with Crippen LogP contribution >= 0.6 is 0 Å². The van der Waals surface area contributed by atoms with E-state index < -0.39 is 5.97 Å². The molecule has 27 heavy (non-hydrogen) atoms. The number of piperidine rings is 1. The van der Waals surface area contributed by atoms with Gasteiger partial charge in [-0.2, -0.15) is 0 Å². The highest BCUT2D eigenvalue weighted by atomic mass is 16.4. The molecule has 0 aliphatic carbocycles. The molecule has 1 amide bonds. The van der Waals surface area contributed by atoms with Gasteiger partial charge in [0.1, 0.15) is 0 Å². The Hall–Kier alpha value is -2.63. The second-order valence-electron chi connectivity index (χ2n) is 7.12. The lowest BCUT2D eigenvalue weighted by Crippen LogP contribution is -2.40. The first-order valence-corrected chi connectivity index (χ1v) is 9.61. The predicted octanol–water partition coefficient (Wildman–Crippen LogP) is 3.77. The van der Waals surface area contributed by atoms with E-state index in [1.165, 1.54) is 0 Å². The molecule has 1 atom stereocenters. The molecule has 1 aliphatic heterocycles. The molecule has 1 unspecified atom stereocenters. The Labute approximate surface area is 159 Å². The van der Waals surface area contributed by atoms with Gasteiger partial charge in [0, 0.05) is 37.9 Å². The Morgan fingerprint density at radius 3 is 2.81 bits per heavy atom. The third kappa shape index (κ3) is 5.67. The normalized spacial score (nSPS) is 17.0. The van der Waals surface area contributed by atoms with Crippen LogP contribution in [0.15, 0.2) is 40.9 Å². The molecule has 1 fully saturated rings. The summed E-state index contributed by atoms with van der Waals surface area (Å²) in [7, 11) is 0. The SMILES string of the molecule is O=C(O)CCC1CCCN(C(=O)CCCc2ncc(-c3ccccc3)o2)C1. The molecule has 1 saturated heterocycles. The van der Waals surface area contributed by atoms with Crippen LogP contribution in [0.1, 0.15) is 44.4 Å². The number of hydrogen-bond acceptors (Lipinski definition) is 4. The van der Waals surface area contributed by atoms with E-state index in [1.54, 1.807) is 6.20 Å². The quantitative estimate of drug-likeness (QED) is 0.765. The molecule has 1 aliphatic rings. The van der Waals surface area contributed by atoms with Crippen molar-refractivity contribution in [1.29, 1.82) is 0 Å². The number of rotatable bonds is 8. The van der Waals surface area contributed by atoms with Crippen molar-refractivity contribution in [3.8, 4) is 11.3 Å². The van der Waals surface area contributed by atoms with Gasteiger partial charge in [-0.1, -0.05) is 30.3 Å². The number of likely N-dealkylation sites (tertiary alicyclic amines) is 1. The van der Waals surface area contributed by atoms with Gasteiger partial charge in [-0.3, -0.25) is 9.59 Å². The number of aliphatic carboxylic acids is 1. The fourth-order valence-electron chi connectivity index (χ4n) is 3.57. The third-order valence-electron chi connectivity index (χ3n) is 5.03. The van der Waals surface area contributed by atoms with Crippen molar-refractivity contribution in [2.75, 3.05) is 13.1 Å². The fraction of sp³-hybridized carbons (Fsp3) is 0.476. The molecule has 1 aromatic carbocycles. The van der Waals surface area contributed by atoms with Gasteiger partial charge in [0.25, 0.3) is 0 Å². The summed E-state index contributed by atoms with van der Waals surface area (Å²) >= 11 is 0. The minimum absolute atomic E-state index is 0.143. The summed E-state index contributed by atoms with van der Waals surface area (Å²) in [6.07, 6.45) is 6.32. The van der Waals surface area contributed by atoms with Gasteiger partial charge in [0.05, 0.1) is 6.20 Å². The van der Waals surface area contributed by atoms with Crippen molar-refractivity contribution in [1.82, 2.24) is 9.88 Å². The van der Waals surface area contributed by atoms with E-state index in [9.17, 15) is 9.59 Å². The van der Waals surface area contributed by atoms with E-state index in [2.05, 4.69) is 4.98 Å². The van der Waals surface area contributed by atoms with Crippen LogP contribution < -0.4 is 0 Å². The van der Waals surface area contributed by atoms with Crippen LogP contribution in [0.25, 0.3) is 11.3 Å². The Kier molecular flexibility index (Phi) is 6.63. The molecule has 144 valence electrons. The number of nitrogens with zero attached hydrogens (tertiary/aromatic N) is 2. The summed E-state index contributed by atoms with van der Waals surface area (Å²) in [5, 5.41) is 8.82. The summed E-state index contributed by atoms with van der Waals surface area (Å²) < 4.78 is 5.78. The van der Waals surface area contributed by atoms with Crippen LogP contribution in [-0.4, -0.2) is 40.0 Å². The average molecular weight is 370 g/mol. The van der Waals surface area contributed by atoms with Gasteiger partial charge >= 0.3 is 5.97 Å². The van der Waals surface area contributed by atoms with Crippen LogP contribution in [0, 0.1) is 5.92 Å². The summed E-state index contributed by atoms with van der Waals surface area (Å²) in [6.45, 7) is 1.46. The number of carbonyl (C=O) groups is 2. The lowest BCUT2D eigenvalue weighted by Gasteiger charge is -2.32. The summed E-state index contributed by atoms with van der Waals surface area (Å²) in [6, 6.07) is 9.83. The van der Waals surface area contributed by atoms with Gasteiger partial charge in [-0.15, -0.1) is 0 Å². The molecule has 2 heterocycles. The van der Waals surface area contributed by atoms with Crippen molar-refractivity contribution in [3.63, 3.8) is 0 Å². The van der Waals surface area contributed by atoms with E-state index in [-0.39, 0.29) is 12.3 Å². The van der Waals surface area contributed by atoms with Gasteiger partial charge in [-0.05, 0) is 31.6 Å². The lowest BCUT2D eigenvalue weighted by molar-refractivity contribution is -0.137. The zero-order chi connectivity index (χ0) is 19.1. The van der Waals surface area contributed by atoms with E-state index in [0.717, 1.165) is 30.7 Å². The Balaban J connectivity index is 1.43. The summed E-state index contributed by atoms with van der Waals surface area (Å²) in [5.74, 6) is 1.08. The standard InChI is InChI=1S/C21H26N2O4/c24-20(23-13-5-6-16(15-23)11-12-21(25)26)10-4-9-19-22-14-18(27-19)17-7-2-1-3-8-17/h1-3,7-8,14,16H,4-6,9-13,15H2,(H,25,26). The van der Waals surface area contributed by atoms with Gasteiger partial charge in [0.2, 0.25) is 5.91 Å². The molecule has 0 spiro atoms. The largest absolute Gasteiger partial charge is 0.481 e. The second kappa shape index (κ2) is 9.35. The molecule has 1 N–H and O–H groups in total. The maximum atomic E-state index is 12.5. The highest BCUT2D eigenvalue weighted by Gasteiger charge is 2.23. The number of oxazole rings is 1. The first kappa shape index (κ1) is 19.1. The highest BCUT2D eigenvalue weighted by Crippen LogP contribution is 2.23. The number of benzene rings is 1. The van der Waals surface area contributed by atoms with Gasteiger partial charge in [0.15, 0.2) is 11.7 Å². The highest BCUT2D eigenvalue weighted by molar-refractivity contribution is 5.76. The number of carboxylic acids is 1. The van der Waals surface area contributed by atoms with Crippen LogP contribution in [0.4, 0.5) is 0 Å². The van der Waals surface area contributed by atoms with Crippen LogP contribution in [-0.2, 0) is 16.0 Å². The Bertz CT molecular complexity index is 757. The molecule has 2 aromatic rings. The van der Waals surface area contributed by atoms with Crippen LogP contribution in [0.2, 0.25) is 0 Å². The van der Waals surface area contributed by atoms with Crippen LogP contribution in [0.5, 0.6) is 0 Å². The molecule has 0 saturated carbocycles. The van der Waals surface area contributed by atoms with E-state index in [1.807, 2.05) is 35.2 Å². The number of carboxylic acid groups (broad SMARTS) is 1. The monoisotopic (exact) mass is 370 g/mol. The molecule has 1 aromatic heterocycles. The molecular weight excluding hydrogens is 344 g/mol.